The summed E-state index contributed by atoms with van der Waals surface area (Å²) >= 11 is 0. The number of phenols is 2. The molecule has 2 heterocycles. The zero-order valence-corrected chi connectivity index (χ0v) is 22.5. The van der Waals surface area contributed by atoms with E-state index in [-0.39, 0.29) is 53.9 Å². The minimum Gasteiger partial charge on any atom is -0.508 e. The summed E-state index contributed by atoms with van der Waals surface area (Å²) in [6.45, 7) is 0.931. The van der Waals surface area contributed by atoms with Crippen LogP contribution in [0.4, 0.5) is 0 Å². The first-order chi connectivity index (χ1) is 16.8. The Morgan fingerprint density at radius 1 is 1.24 bits per heavy atom. The van der Waals surface area contributed by atoms with Crippen LogP contribution in [0.1, 0.15) is 36.0 Å². The maximum absolute atomic E-state index is 12.3. The highest BCUT2D eigenvalue weighted by molar-refractivity contribution is 5.85. The van der Waals surface area contributed by atoms with Crippen LogP contribution in [0.3, 0.4) is 0 Å². The number of phenolic OH excluding ortho intramolecular Hbond substituents is 2. The Morgan fingerprint density at radius 2 is 1.97 bits per heavy atom. The van der Waals surface area contributed by atoms with Gasteiger partial charge in [0.1, 0.15) is 23.6 Å². The smallest absolute Gasteiger partial charge is 0.321 e. The molecule has 2 aromatic rings. The quantitative estimate of drug-likeness (QED) is 0.432. The van der Waals surface area contributed by atoms with Crippen LogP contribution in [0.15, 0.2) is 30.3 Å². The molecule has 6 atom stereocenters. The highest BCUT2D eigenvalue weighted by Crippen LogP contribution is 2.65. The second kappa shape index (κ2) is 10.1. The molecule has 0 radical (unpaired) electrons. The molecule has 4 aliphatic rings. The van der Waals surface area contributed by atoms with Crippen LogP contribution in [-0.4, -0.2) is 71.1 Å². The number of rotatable bonds is 6. The van der Waals surface area contributed by atoms with Gasteiger partial charge in [0, 0.05) is 34.7 Å². The van der Waals surface area contributed by atoms with Crippen molar-refractivity contribution in [2.24, 2.45) is 5.92 Å². The number of carboxylic acid groups (broad SMARTS) is 1. The standard InChI is InChI=1S/C27H32N2O6.2ClH/c1-29-10-9-27-17-7-8-18(28-19(26(32)33)11-14-3-5-15(30)6-4-14)25(27)35-24-21(31)13-22(34-2)16(23(24)27)12-20(17)29;;/h3-6,13,17-20,25,28,30-31H,7-12H2,1-2H3,(H,32,33);2*1H/t17-,18-,19-,20+,25-,27-;;/m0../s1. The van der Waals surface area contributed by atoms with Crippen LogP contribution in [0, 0.1) is 5.92 Å². The number of likely N-dealkylation sites (tertiary alicyclic amines) is 1. The molecular weight excluding hydrogens is 519 g/mol. The Kier molecular flexibility index (Phi) is 7.51. The minimum atomic E-state index is -0.914. The largest absolute Gasteiger partial charge is 0.508 e. The summed E-state index contributed by atoms with van der Waals surface area (Å²) in [7, 11) is 3.82. The predicted octanol–water partition coefficient (Wildman–Crippen LogP) is 3.27. The van der Waals surface area contributed by atoms with Gasteiger partial charge in [-0.2, -0.15) is 0 Å². The Morgan fingerprint density at radius 3 is 2.65 bits per heavy atom. The molecule has 1 saturated carbocycles. The number of nitrogens with zero attached hydrogens (tertiary/aromatic N) is 1. The lowest BCUT2D eigenvalue weighted by molar-refractivity contribution is -0.140. The highest BCUT2D eigenvalue weighted by atomic mass is 35.5. The van der Waals surface area contributed by atoms with E-state index in [1.807, 2.05) is 0 Å². The Bertz CT molecular complexity index is 1180. The van der Waals surface area contributed by atoms with Gasteiger partial charge in [0.15, 0.2) is 11.5 Å². The highest BCUT2D eigenvalue weighted by Gasteiger charge is 2.66. The Hall–Kier alpha value is -2.39. The van der Waals surface area contributed by atoms with E-state index < -0.39 is 12.0 Å². The molecule has 2 aromatic carbocycles. The van der Waals surface area contributed by atoms with Gasteiger partial charge in [-0.05, 0) is 69.3 Å². The number of nitrogens with one attached hydrogen (secondary N) is 1. The molecule has 1 saturated heterocycles. The van der Waals surface area contributed by atoms with Gasteiger partial charge in [-0.15, -0.1) is 24.8 Å². The van der Waals surface area contributed by atoms with Crippen LogP contribution >= 0.6 is 24.8 Å². The van der Waals surface area contributed by atoms with E-state index in [0.29, 0.717) is 29.9 Å². The Labute approximate surface area is 228 Å². The summed E-state index contributed by atoms with van der Waals surface area (Å²) in [6.07, 6.45) is 3.58. The average Bonchev–Trinajstić information content (AvgIpc) is 3.19. The molecule has 2 aliphatic carbocycles. The SMILES string of the molecule is COc1cc(O)c2c3c1C[C@@H]1[C@@H]4CC[C@H](N[C@@H](Cc5ccc(O)cc5)C(=O)O)[C@H](O2)[C@]34CCN1C.Cl.Cl. The normalized spacial score (nSPS) is 29.7. The first-order valence-electron chi connectivity index (χ1n) is 12.4. The number of hydrogen-bond acceptors (Lipinski definition) is 7. The molecule has 4 N–H and O–H groups in total. The maximum atomic E-state index is 12.3. The summed E-state index contributed by atoms with van der Waals surface area (Å²) in [6, 6.07) is 7.72. The molecule has 8 nitrogen and oxygen atoms in total. The number of piperidine rings is 1. The lowest BCUT2D eigenvalue weighted by Crippen LogP contribution is -2.69. The Balaban J connectivity index is 0.00000160. The van der Waals surface area contributed by atoms with Gasteiger partial charge in [0.05, 0.1) is 7.11 Å². The number of aliphatic carboxylic acids is 1. The van der Waals surface area contributed by atoms with Crippen molar-refractivity contribution in [3.05, 3.63) is 47.0 Å². The third-order valence-electron chi connectivity index (χ3n) is 8.99. The van der Waals surface area contributed by atoms with Crippen LogP contribution in [0.5, 0.6) is 23.0 Å². The second-order valence-corrected chi connectivity index (χ2v) is 10.6. The summed E-state index contributed by atoms with van der Waals surface area (Å²) in [4.78, 5) is 14.7. The van der Waals surface area contributed by atoms with E-state index in [0.717, 1.165) is 48.9 Å². The number of aromatic hydroxyl groups is 2. The maximum Gasteiger partial charge on any atom is 0.321 e. The molecular formula is C27H34Cl2N2O6. The number of likely N-dealkylation sites (N-methyl/N-ethyl adjacent to an activating group) is 1. The lowest BCUT2D eigenvalue weighted by Gasteiger charge is -2.59. The van der Waals surface area contributed by atoms with Gasteiger partial charge < -0.3 is 29.7 Å². The van der Waals surface area contributed by atoms with Crippen molar-refractivity contribution in [2.45, 2.75) is 61.7 Å². The third-order valence-corrected chi connectivity index (χ3v) is 8.99. The fourth-order valence-electron chi connectivity index (χ4n) is 7.49. The molecule has 2 aliphatic heterocycles. The topological polar surface area (TPSA) is 111 Å². The second-order valence-electron chi connectivity index (χ2n) is 10.6. The van der Waals surface area contributed by atoms with Crippen molar-refractivity contribution in [1.82, 2.24) is 10.2 Å². The van der Waals surface area contributed by atoms with Crippen molar-refractivity contribution in [3.63, 3.8) is 0 Å². The number of ether oxygens (including phenoxy) is 2. The number of hydrogen-bond donors (Lipinski definition) is 4. The molecule has 2 fully saturated rings. The molecule has 0 amide bonds. The van der Waals surface area contributed by atoms with E-state index in [1.165, 1.54) is 0 Å². The minimum absolute atomic E-state index is 0. The van der Waals surface area contributed by atoms with E-state index in [9.17, 15) is 20.1 Å². The van der Waals surface area contributed by atoms with E-state index in [2.05, 4.69) is 17.3 Å². The van der Waals surface area contributed by atoms with Gasteiger partial charge >= 0.3 is 5.97 Å². The summed E-state index contributed by atoms with van der Waals surface area (Å²) < 4.78 is 12.3. The number of benzene rings is 2. The van der Waals surface area contributed by atoms with Crippen LogP contribution in [-0.2, 0) is 23.1 Å². The van der Waals surface area contributed by atoms with E-state index in [1.54, 1.807) is 37.4 Å². The van der Waals surface area contributed by atoms with Crippen molar-refractivity contribution in [2.75, 3.05) is 20.7 Å². The number of methoxy groups -OCH3 is 1. The average molecular weight is 553 g/mol. The van der Waals surface area contributed by atoms with E-state index >= 15 is 0 Å². The predicted molar refractivity (Wildman–Crippen MR) is 143 cm³/mol. The van der Waals surface area contributed by atoms with Crippen molar-refractivity contribution in [3.8, 4) is 23.0 Å². The van der Waals surface area contributed by atoms with Crippen LogP contribution in [0.2, 0.25) is 0 Å². The summed E-state index contributed by atoms with van der Waals surface area (Å²) in [5, 5.41) is 34.0. The monoisotopic (exact) mass is 552 g/mol. The first-order valence-corrected chi connectivity index (χ1v) is 12.4. The van der Waals surface area contributed by atoms with E-state index in [4.69, 9.17) is 9.47 Å². The molecule has 6 rings (SSSR count). The summed E-state index contributed by atoms with van der Waals surface area (Å²) in [5.74, 6) is 0.974. The zero-order valence-electron chi connectivity index (χ0n) is 20.8. The number of halogens is 2. The molecule has 1 spiro atoms. The van der Waals surface area contributed by atoms with Crippen molar-refractivity contribution >= 4 is 30.8 Å². The molecule has 0 unspecified atom stereocenters. The fraction of sp³-hybridized carbons (Fsp3) is 0.519. The first kappa shape index (κ1) is 27.6. The lowest BCUT2D eigenvalue weighted by atomic mass is 9.51. The molecule has 0 aromatic heterocycles. The van der Waals surface area contributed by atoms with Gasteiger partial charge in [0.25, 0.3) is 0 Å². The van der Waals surface area contributed by atoms with Crippen molar-refractivity contribution < 1.29 is 29.6 Å². The number of carboxylic acids is 1. The van der Waals surface area contributed by atoms with Gasteiger partial charge in [-0.1, -0.05) is 12.1 Å². The number of carbonyl (C=O) groups is 1. The third kappa shape index (κ3) is 4.09. The van der Waals surface area contributed by atoms with Crippen LogP contribution < -0.4 is 14.8 Å². The molecule has 10 heteroatoms. The van der Waals surface area contributed by atoms with Gasteiger partial charge in [-0.25, -0.2) is 0 Å². The van der Waals surface area contributed by atoms with Crippen molar-refractivity contribution in [1.29, 1.82) is 0 Å². The van der Waals surface area contributed by atoms with Crippen LogP contribution in [0.25, 0.3) is 0 Å². The zero-order chi connectivity index (χ0) is 24.5. The fourth-order valence-corrected chi connectivity index (χ4v) is 7.49. The molecule has 2 bridgehead atoms. The van der Waals surface area contributed by atoms with Gasteiger partial charge in [0.2, 0.25) is 0 Å². The van der Waals surface area contributed by atoms with Gasteiger partial charge in [-0.3, -0.25) is 10.1 Å². The molecule has 202 valence electrons. The summed E-state index contributed by atoms with van der Waals surface area (Å²) in [5.41, 5.74) is 2.77. The molecule has 37 heavy (non-hydrogen) atoms.